The molecule has 0 aliphatic carbocycles. The average Bonchev–Trinajstić information content (AvgIpc) is 2.73. The van der Waals surface area contributed by atoms with E-state index in [4.69, 9.17) is 4.74 Å². The largest absolute Gasteiger partial charge is 0.496 e. The van der Waals surface area contributed by atoms with E-state index in [1.54, 1.807) is 31.3 Å². The molecular formula is C24H31N3O4. The Balaban J connectivity index is 2.08. The van der Waals surface area contributed by atoms with Crippen LogP contribution in [-0.4, -0.2) is 49.4 Å². The SMILES string of the molecule is COc1ccccc1C(=O)NC(C(=O)N(C)CC(=O)Nc1c(C)cccc1C)C(C)C. The topological polar surface area (TPSA) is 87.7 Å². The summed E-state index contributed by atoms with van der Waals surface area (Å²) in [6.07, 6.45) is 0. The molecule has 166 valence electrons. The maximum absolute atomic E-state index is 13.0. The summed E-state index contributed by atoms with van der Waals surface area (Å²) in [4.78, 5) is 39.7. The minimum atomic E-state index is -0.782. The van der Waals surface area contributed by atoms with E-state index in [2.05, 4.69) is 10.6 Å². The number of ether oxygens (including phenoxy) is 1. The number of anilines is 1. The lowest BCUT2D eigenvalue weighted by atomic mass is 10.0. The fourth-order valence-corrected chi connectivity index (χ4v) is 3.29. The Morgan fingerprint density at radius 3 is 2.19 bits per heavy atom. The van der Waals surface area contributed by atoms with Gasteiger partial charge in [-0.05, 0) is 43.0 Å². The second kappa shape index (κ2) is 10.6. The zero-order valence-corrected chi connectivity index (χ0v) is 19.0. The zero-order chi connectivity index (χ0) is 23.1. The van der Waals surface area contributed by atoms with Crippen LogP contribution in [0.5, 0.6) is 5.75 Å². The maximum Gasteiger partial charge on any atom is 0.255 e. The maximum atomic E-state index is 13.0. The first-order chi connectivity index (χ1) is 14.6. The van der Waals surface area contributed by atoms with Gasteiger partial charge in [0.1, 0.15) is 11.8 Å². The Bertz CT molecular complexity index is 935. The number of likely N-dealkylation sites (N-methyl/N-ethyl adjacent to an activating group) is 1. The number of nitrogens with one attached hydrogen (secondary N) is 2. The predicted octanol–water partition coefficient (Wildman–Crippen LogP) is 3.16. The zero-order valence-electron chi connectivity index (χ0n) is 19.0. The first-order valence-electron chi connectivity index (χ1n) is 10.2. The molecule has 0 spiro atoms. The first kappa shape index (κ1) is 23.9. The van der Waals surface area contributed by atoms with Gasteiger partial charge in [0.15, 0.2) is 0 Å². The third-order valence-corrected chi connectivity index (χ3v) is 5.07. The van der Waals surface area contributed by atoms with Gasteiger partial charge in [0, 0.05) is 12.7 Å². The number of hydrogen-bond donors (Lipinski definition) is 2. The number of methoxy groups -OCH3 is 1. The number of carbonyl (C=O) groups excluding carboxylic acids is 3. The fourth-order valence-electron chi connectivity index (χ4n) is 3.29. The molecular weight excluding hydrogens is 394 g/mol. The van der Waals surface area contributed by atoms with Gasteiger partial charge in [-0.15, -0.1) is 0 Å². The summed E-state index contributed by atoms with van der Waals surface area (Å²) in [7, 11) is 3.04. The number of nitrogens with zero attached hydrogens (tertiary/aromatic N) is 1. The van der Waals surface area contributed by atoms with Crippen molar-refractivity contribution in [2.24, 2.45) is 5.92 Å². The molecule has 0 saturated heterocycles. The predicted molar refractivity (Wildman–Crippen MR) is 121 cm³/mol. The number of para-hydroxylation sites is 2. The van der Waals surface area contributed by atoms with Crippen LogP contribution < -0.4 is 15.4 Å². The number of hydrogen-bond acceptors (Lipinski definition) is 4. The van der Waals surface area contributed by atoms with Crippen LogP contribution in [0.15, 0.2) is 42.5 Å². The van der Waals surface area contributed by atoms with Crippen LogP contribution in [0.25, 0.3) is 0 Å². The van der Waals surface area contributed by atoms with Gasteiger partial charge in [0.2, 0.25) is 11.8 Å². The lowest BCUT2D eigenvalue weighted by Gasteiger charge is -2.27. The summed E-state index contributed by atoms with van der Waals surface area (Å²) in [6, 6.07) is 11.8. The van der Waals surface area contributed by atoms with Crippen molar-refractivity contribution in [2.75, 3.05) is 26.0 Å². The van der Waals surface area contributed by atoms with E-state index in [1.165, 1.54) is 12.0 Å². The monoisotopic (exact) mass is 425 g/mol. The summed E-state index contributed by atoms with van der Waals surface area (Å²) >= 11 is 0. The number of carbonyl (C=O) groups is 3. The Kier molecular flexibility index (Phi) is 8.19. The molecule has 0 aliphatic rings. The quantitative estimate of drug-likeness (QED) is 0.680. The van der Waals surface area contributed by atoms with Gasteiger partial charge in [-0.2, -0.15) is 0 Å². The minimum absolute atomic E-state index is 0.125. The van der Waals surface area contributed by atoms with Gasteiger partial charge in [-0.3, -0.25) is 14.4 Å². The van der Waals surface area contributed by atoms with E-state index in [0.29, 0.717) is 11.3 Å². The van der Waals surface area contributed by atoms with Crippen molar-refractivity contribution in [1.29, 1.82) is 0 Å². The van der Waals surface area contributed by atoms with Gasteiger partial charge >= 0.3 is 0 Å². The third kappa shape index (κ3) is 6.07. The van der Waals surface area contributed by atoms with Crippen LogP contribution in [-0.2, 0) is 9.59 Å². The third-order valence-electron chi connectivity index (χ3n) is 5.07. The molecule has 0 radical (unpaired) electrons. The highest BCUT2D eigenvalue weighted by Crippen LogP contribution is 2.20. The Morgan fingerprint density at radius 2 is 1.61 bits per heavy atom. The van der Waals surface area contributed by atoms with Crippen molar-refractivity contribution in [3.8, 4) is 5.75 Å². The molecule has 3 amide bonds. The standard InChI is InChI=1S/C24H31N3O4/c1-15(2)21(26-23(29)18-12-7-8-13-19(18)31-6)24(30)27(5)14-20(28)25-22-16(3)10-9-11-17(22)4/h7-13,15,21H,14H2,1-6H3,(H,25,28)(H,26,29). The van der Waals surface area contributed by atoms with Crippen molar-refractivity contribution in [3.05, 3.63) is 59.2 Å². The molecule has 0 aromatic heterocycles. The highest BCUT2D eigenvalue weighted by atomic mass is 16.5. The van der Waals surface area contributed by atoms with E-state index in [0.717, 1.165) is 16.8 Å². The second-order valence-electron chi connectivity index (χ2n) is 7.90. The van der Waals surface area contributed by atoms with Crippen molar-refractivity contribution in [2.45, 2.75) is 33.7 Å². The van der Waals surface area contributed by atoms with E-state index < -0.39 is 11.9 Å². The van der Waals surface area contributed by atoms with Gasteiger partial charge in [0.05, 0.1) is 19.2 Å². The Labute approximate surface area is 183 Å². The molecule has 2 N–H and O–H groups in total. The molecule has 2 rings (SSSR count). The summed E-state index contributed by atoms with van der Waals surface area (Å²) < 4.78 is 5.24. The number of amides is 3. The highest BCUT2D eigenvalue weighted by molar-refractivity contribution is 6.01. The van der Waals surface area contributed by atoms with Crippen LogP contribution in [0, 0.1) is 19.8 Å². The molecule has 7 heteroatoms. The molecule has 0 fully saturated rings. The summed E-state index contributed by atoms with van der Waals surface area (Å²) in [5.41, 5.74) is 3.00. The molecule has 7 nitrogen and oxygen atoms in total. The van der Waals surface area contributed by atoms with Crippen molar-refractivity contribution < 1.29 is 19.1 Å². The molecule has 0 bridgehead atoms. The number of aryl methyl sites for hydroxylation is 2. The molecule has 31 heavy (non-hydrogen) atoms. The average molecular weight is 426 g/mol. The smallest absolute Gasteiger partial charge is 0.255 e. The molecule has 2 aromatic carbocycles. The molecule has 2 aromatic rings. The minimum Gasteiger partial charge on any atom is -0.496 e. The van der Waals surface area contributed by atoms with Crippen LogP contribution in [0.2, 0.25) is 0 Å². The number of benzene rings is 2. The van der Waals surface area contributed by atoms with E-state index >= 15 is 0 Å². The van der Waals surface area contributed by atoms with E-state index in [9.17, 15) is 14.4 Å². The van der Waals surface area contributed by atoms with Gasteiger partial charge in [-0.1, -0.05) is 44.2 Å². The van der Waals surface area contributed by atoms with Crippen molar-refractivity contribution >= 4 is 23.4 Å². The number of rotatable bonds is 8. The van der Waals surface area contributed by atoms with Gasteiger partial charge in [0.25, 0.3) is 5.91 Å². The lowest BCUT2D eigenvalue weighted by molar-refractivity contribution is -0.135. The van der Waals surface area contributed by atoms with E-state index in [-0.39, 0.29) is 24.3 Å². The van der Waals surface area contributed by atoms with E-state index in [1.807, 2.05) is 45.9 Å². The molecule has 1 unspecified atom stereocenters. The summed E-state index contributed by atoms with van der Waals surface area (Å²) in [5, 5.41) is 5.66. The summed E-state index contributed by atoms with van der Waals surface area (Å²) in [6.45, 7) is 7.39. The Hall–Kier alpha value is -3.35. The molecule has 1 atom stereocenters. The van der Waals surface area contributed by atoms with Crippen LogP contribution in [0.3, 0.4) is 0 Å². The molecule has 0 heterocycles. The lowest BCUT2D eigenvalue weighted by Crippen LogP contribution is -2.51. The van der Waals surface area contributed by atoms with Crippen LogP contribution in [0.1, 0.15) is 35.3 Å². The normalized spacial score (nSPS) is 11.6. The molecule has 0 aliphatic heterocycles. The van der Waals surface area contributed by atoms with Gasteiger partial charge in [-0.25, -0.2) is 0 Å². The van der Waals surface area contributed by atoms with Crippen LogP contribution in [0.4, 0.5) is 5.69 Å². The van der Waals surface area contributed by atoms with Gasteiger partial charge < -0.3 is 20.3 Å². The second-order valence-corrected chi connectivity index (χ2v) is 7.90. The first-order valence-corrected chi connectivity index (χ1v) is 10.2. The molecule has 0 saturated carbocycles. The Morgan fingerprint density at radius 1 is 1.00 bits per heavy atom. The van der Waals surface area contributed by atoms with Crippen LogP contribution >= 0.6 is 0 Å². The van der Waals surface area contributed by atoms with Crippen molar-refractivity contribution in [1.82, 2.24) is 10.2 Å². The van der Waals surface area contributed by atoms with Crippen molar-refractivity contribution in [3.63, 3.8) is 0 Å². The summed E-state index contributed by atoms with van der Waals surface area (Å²) in [5.74, 6) is -0.786. The highest BCUT2D eigenvalue weighted by Gasteiger charge is 2.29. The fraction of sp³-hybridized carbons (Fsp3) is 0.375.